The van der Waals surface area contributed by atoms with Gasteiger partial charge in [-0.1, -0.05) is 6.92 Å². The number of hydrogen-bond donors (Lipinski definition) is 1. The van der Waals surface area contributed by atoms with Crippen molar-refractivity contribution < 1.29 is 9.47 Å². The van der Waals surface area contributed by atoms with E-state index < -0.39 is 0 Å². The molecule has 0 fully saturated rings. The molecule has 112 valence electrons. The topological polar surface area (TPSA) is 75.2 Å². The molecule has 0 saturated carbocycles. The van der Waals surface area contributed by atoms with Gasteiger partial charge in [0, 0.05) is 17.5 Å². The van der Waals surface area contributed by atoms with E-state index in [2.05, 4.69) is 17.0 Å². The lowest BCUT2D eigenvalue weighted by Crippen LogP contribution is -2.34. The lowest BCUT2D eigenvalue weighted by Gasteiger charge is -2.23. The number of aromatic nitrogens is 3. The van der Waals surface area contributed by atoms with Gasteiger partial charge in [0.15, 0.2) is 17.3 Å². The molecule has 6 nitrogen and oxygen atoms in total. The van der Waals surface area contributed by atoms with Gasteiger partial charge in [-0.3, -0.25) is 0 Å². The molecule has 0 radical (unpaired) electrons. The standard InChI is InChI=1S/C15H20N4O2/c1-9-6-11(16)8-19-15(9)17-14(18-19)10-4-5-12(20-2)13(7-10)21-3/h4-5,7,9,11H,6,8,16H2,1-3H3. The highest BCUT2D eigenvalue weighted by Gasteiger charge is 2.25. The molecule has 21 heavy (non-hydrogen) atoms. The van der Waals surface area contributed by atoms with Crippen molar-refractivity contribution in [2.24, 2.45) is 5.73 Å². The Morgan fingerprint density at radius 3 is 2.71 bits per heavy atom. The Labute approximate surface area is 123 Å². The molecule has 3 rings (SSSR count). The fourth-order valence-electron chi connectivity index (χ4n) is 2.81. The van der Waals surface area contributed by atoms with E-state index in [-0.39, 0.29) is 6.04 Å². The highest BCUT2D eigenvalue weighted by atomic mass is 16.5. The minimum Gasteiger partial charge on any atom is -0.493 e. The molecule has 1 aliphatic rings. The first kappa shape index (κ1) is 13.9. The molecule has 2 N–H and O–H groups in total. The zero-order valence-electron chi connectivity index (χ0n) is 12.5. The summed E-state index contributed by atoms with van der Waals surface area (Å²) in [7, 11) is 3.24. The molecule has 0 amide bonds. The van der Waals surface area contributed by atoms with Gasteiger partial charge in [-0.05, 0) is 24.6 Å². The summed E-state index contributed by atoms with van der Waals surface area (Å²) in [6, 6.07) is 5.84. The smallest absolute Gasteiger partial charge is 0.181 e. The number of hydrogen-bond acceptors (Lipinski definition) is 5. The molecule has 6 heteroatoms. The molecule has 1 aliphatic heterocycles. The van der Waals surface area contributed by atoms with E-state index in [9.17, 15) is 0 Å². The van der Waals surface area contributed by atoms with Gasteiger partial charge in [0.1, 0.15) is 5.82 Å². The maximum Gasteiger partial charge on any atom is 0.181 e. The third-order valence-electron chi connectivity index (χ3n) is 3.85. The SMILES string of the molecule is COc1ccc(-c2nc3n(n2)CC(N)CC3C)cc1OC. The van der Waals surface area contributed by atoms with Crippen LogP contribution < -0.4 is 15.2 Å². The lowest BCUT2D eigenvalue weighted by atomic mass is 9.98. The number of methoxy groups -OCH3 is 2. The first-order valence-corrected chi connectivity index (χ1v) is 7.05. The zero-order valence-corrected chi connectivity index (χ0v) is 12.5. The molecule has 2 atom stereocenters. The Morgan fingerprint density at radius 2 is 2.00 bits per heavy atom. The maximum atomic E-state index is 6.05. The molecule has 2 aromatic rings. The van der Waals surface area contributed by atoms with Crippen LogP contribution in [0.5, 0.6) is 11.5 Å². The van der Waals surface area contributed by atoms with Crippen molar-refractivity contribution in [2.75, 3.05) is 14.2 Å². The summed E-state index contributed by atoms with van der Waals surface area (Å²) in [6.45, 7) is 2.86. The summed E-state index contributed by atoms with van der Waals surface area (Å²) in [5, 5.41) is 4.58. The minimum absolute atomic E-state index is 0.146. The summed E-state index contributed by atoms with van der Waals surface area (Å²) in [4.78, 5) is 4.67. The molecule has 2 unspecified atom stereocenters. The molecule has 1 aromatic carbocycles. The second-order valence-electron chi connectivity index (χ2n) is 5.44. The predicted molar refractivity (Wildman–Crippen MR) is 79.6 cm³/mol. The third-order valence-corrected chi connectivity index (χ3v) is 3.85. The molecular weight excluding hydrogens is 268 g/mol. The number of nitrogens with two attached hydrogens (primary N) is 1. The average molecular weight is 288 g/mol. The van der Waals surface area contributed by atoms with Gasteiger partial charge in [0.2, 0.25) is 0 Å². The Balaban J connectivity index is 2.00. The van der Waals surface area contributed by atoms with E-state index in [0.717, 1.165) is 24.4 Å². The van der Waals surface area contributed by atoms with Crippen LogP contribution in [-0.2, 0) is 6.54 Å². The third kappa shape index (κ3) is 2.47. The van der Waals surface area contributed by atoms with Crippen molar-refractivity contribution in [3.05, 3.63) is 24.0 Å². The lowest BCUT2D eigenvalue weighted by molar-refractivity contribution is 0.355. The van der Waals surface area contributed by atoms with Gasteiger partial charge in [0.05, 0.1) is 20.8 Å². The average Bonchev–Trinajstić information content (AvgIpc) is 2.90. The predicted octanol–water partition coefficient (Wildman–Crippen LogP) is 1.80. The van der Waals surface area contributed by atoms with Crippen LogP contribution in [0, 0.1) is 0 Å². The normalized spacial score (nSPS) is 21.0. The van der Waals surface area contributed by atoms with Gasteiger partial charge >= 0.3 is 0 Å². The van der Waals surface area contributed by atoms with Gasteiger partial charge in [-0.2, -0.15) is 5.10 Å². The molecule has 0 bridgehead atoms. The quantitative estimate of drug-likeness (QED) is 0.932. The van der Waals surface area contributed by atoms with E-state index >= 15 is 0 Å². The maximum absolute atomic E-state index is 6.05. The second-order valence-corrected chi connectivity index (χ2v) is 5.44. The first-order chi connectivity index (χ1) is 10.1. The Morgan fingerprint density at radius 1 is 1.24 bits per heavy atom. The summed E-state index contributed by atoms with van der Waals surface area (Å²) in [6.07, 6.45) is 0.948. The van der Waals surface area contributed by atoms with E-state index in [1.165, 1.54) is 0 Å². The summed E-state index contributed by atoms with van der Waals surface area (Å²) >= 11 is 0. The van der Waals surface area contributed by atoms with Crippen LogP contribution in [0.25, 0.3) is 11.4 Å². The van der Waals surface area contributed by atoms with Crippen LogP contribution >= 0.6 is 0 Å². The summed E-state index contributed by atoms with van der Waals surface area (Å²) in [5.41, 5.74) is 6.96. The Kier molecular flexibility index (Phi) is 3.55. The minimum atomic E-state index is 0.146. The van der Waals surface area contributed by atoms with Gasteiger partial charge in [-0.25, -0.2) is 9.67 Å². The van der Waals surface area contributed by atoms with Gasteiger partial charge in [-0.15, -0.1) is 0 Å². The van der Waals surface area contributed by atoms with Crippen LogP contribution in [-0.4, -0.2) is 35.0 Å². The number of fused-ring (bicyclic) bond motifs is 1. The molecule has 0 saturated heterocycles. The zero-order chi connectivity index (χ0) is 15.0. The molecule has 2 heterocycles. The number of benzene rings is 1. The van der Waals surface area contributed by atoms with E-state index in [0.29, 0.717) is 23.2 Å². The van der Waals surface area contributed by atoms with E-state index in [4.69, 9.17) is 15.2 Å². The van der Waals surface area contributed by atoms with Gasteiger partial charge < -0.3 is 15.2 Å². The fourth-order valence-corrected chi connectivity index (χ4v) is 2.81. The van der Waals surface area contributed by atoms with E-state index in [1.807, 2.05) is 22.9 Å². The largest absolute Gasteiger partial charge is 0.493 e. The van der Waals surface area contributed by atoms with E-state index in [1.54, 1.807) is 14.2 Å². The van der Waals surface area contributed by atoms with Crippen LogP contribution in [0.1, 0.15) is 25.1 Å². The van der Waals surface area contributed by atoms with Crippen molar-refractivity contribution in [2.45, 2.75) is 31.8 Å². The number of rotatable bonds is 3. The van der Waals surface area contributed by atoms with Crippen molar-refractivity contribution in [3.63, 3.8) is 0 Å². The van der Waals surface area contributed by atoms with Crippen LogP contribution in [0.3, 0.4) is 0 Å². The highest BCUT2D eigenvalue weighted by Crippen LogP contribution is 2.32. The number of ether oxygens (including phenoxy) is 2. The van der Waals surface area contributed by atoms with Crippen molar-refractivity contribution in [1.29, 1.82) is 0 Å². The molecule has 0 spiro atoms. The molecule has 1 aromatic heterocycles. The van der Waals surface area contributed by atoms with Gasteiger partial charge in [0.25, 0.3) is 0 Å². The number of nitrogens with zero attached hydrogens (tertiary/aromatic N) is 3. The van der Waals surface area contributed by atoms with Crippen LogP contribution in [0.2, 0.25) is 0 Å². The monoisotopic (exact) mass is 288 g/mol. The second kappa shape index (κ2) is 5.37. The van der Waals surface area contributed by atoms with Crippen molar-refractivity contribution >= 4 is 0 Å². The summed E-state index contributed by atoms with van der Waals surface area (Å²) in [5.74, 6) is 3.40. The van der Waals surface area contributed by atoms with Crippen molar-refractivity contribution in [1.82, 2.24) is 14.8 Å². The fraction of sp³-hybridized carbons (Fsp3) is 0.467. The summed E-state index contributed by atoms with van der Waals surface area (Å²) < 4.78 is 12.5. The highest BCUT2D eigenvalue weighted by molar-refractivity contribution is 5.61. The molecular formula is C15H20N4O2. The van der Waals surface area contributed by atoms with Crippen LogP contribution in [0.4, 0.5) is 0 Å². The Bertz CT molecular complexity index is 653. The van der Waals surface area contributed by atoms with Crippen molar-refractivity contribution in [3.8, 4) is 22.9 Å². The molecule has 0 aliphatic carbocycles. The first-order valence-electron chi connectivity index (χ1n) is 7.05. The Hall–Kier alpha value is -2.08. The van der Waals surface area contributed by atoms with Crippen LogP contribution in [0.15, 0.2) is 18.2 Å².